The zero-order valence-electron chi connectivity index (χ0n) is 11.6. The van der Waals surface area contributed by atoms with Gasteiger partial charge < -0.3 is 10.6 Å². The standard InChI is InChI=1S/C12H16N4O4S/c1-7-12(18)15-11(17)6-16(7)10-5-8(3-4-9(10)13)21(19,20)14-2/h3-5,7,14H,6,13H2,1-2H3,(H,15,17,18). The number of nitrogens with one attached hydrogen (secondary N) is 2. The molecule has 4 N–H and O–H groups in total. The van der Waals surface area contributed by atoms with Gasteiger partial charge in [0.2, 0.25) is 21.8 Å². The summed E-state index contributed by atoms with van der Waals surface area (Å²) in [6.07, 6.45) is 0. The van der Waals surface area contributed by atoms with Crippen LogP contribution in [0.4, 0.5) is 11.4 Å². The van der Waals surface area contributed by atoms with Crippen LogP contribution in [-0.4, -0.2) is 39.9 Å². The van der Waals surface area contributed by atoms with Crippen molar-refractivity contribution in [2.75, 3.05) is 24.2 Å². The molecule has 1 unspecified atom stereocenters. The monoisotopic (exact) mass is 312 g/mol. The largest absolute Gasteiger partial charge is 0.397 e. The molecule has 0 radical (unpaired) electrons. The molecule has 114 valence electrons. The topological polar surface area (TPSA) is 122 Å². The molecule has 21 heavy (non-hydrogen) atoms. The lowest BCUT2D eigenvalue weighted by molar-refractivity contribution is -0.132. The molecule has 1 aromatic rings. The lowest BCUT2D eigenvalue weighted by Crippen LogP contribution is -2.57. The quantitative estimate of drug-likeness (QED) is 0.487. The molecule has 1 aliphatic rings. The number of benzene rings is 1. The van der Waals surface area contributed by atoms with E-state index in [4.69, 9.17) is 5.73 Å². The van der Waals surface area contributed by atoms with E-state index in [0.717, 1.165) is 0 Å². The molecular weight excluding hydrogens is 296 g/mol. The Morgan fingerprint density at radius 3 is 2.67 bits per heavy atom. The van der Waals surface area contributed by atoms with Gasteiger partial charge in [-0.2, -0.15) is 0 Å². The molecule has 1 heterocycles. The van der Waals surface area contributed by atoms with Crippen LogP contribution in [0.1, 0.15) is 6.92 Å². The number of nitrogens with zero attached hydrogens (tertiary/aromatic N) is 1. The summed E-state index contributed by atoms with van der Waals surface area (Å²) in [5.41, 5.74) is 6.48. The minimum Gasteiger partial charge on any atom is -0.397 e. The third-order valence-electron chi connectivity index (χ3n) is 3.31. The van der Waals surface area contributed by atoms with Crippen LogP contribution in [0, 0.1) is 0 Å². The first-order valence-electron chi connectivity index (χ1n) is 6.19. The van der Waals surface area contributed by atoms with Gasteiger partial charge in [0.15, 0.2) is 0 Å². The Kier molecular flexibility index (Phi) is 3.88. The Hall–Kier alpha value is -2.13. The highest BCUT2D eigenvalue weighted by Crippen LogP contribution is 2.29. The van der Waals surface area contributed by atoms with Crippen LogP contribution < -0.4 is 20.7 Å². The summed E-state index contributed by atoms with van der Waals surface area (Å²) in [5, 5.41) is 2.21. The smallest absolute Gasteiger partial charge is 0.249 e. The number of hydrogen-bond donors (Lipinski definition) is 3. The predicted molar refractivity (Wildman–Crippen MR) is 77.1 cm³/mol. The number of amides is 2. The number of hydrogen-bond acceptors (Lipinski definition) is 6. The lowest BCUT2D eigenvalue weighted by Gasteiger charge is -2.34. The number of carbonyl (C=O) groups excluding carboxylic acids is 2. The maximum absolute atomic E-state index is 11.8. The Morgan fingerprint density at radius 1 is 1.38 bits per heavy atom. The summed E-state index contributed by atoms with van der Waals surface area (Å²) in [5.74, 6) is -0.910. The zero-order valence-corrected chi connectivity index (χ0v) is 12.4. The molecule has 8 nitrogen and oxygen atoms in total. The van der Waals surface area contributed by atoms with E-state index >= 15 is 0 Å². The van der Waals surface area contributed by atoms with Gasteiger partial charge in [0, 0.05) is 0 Å². The average Bonchev–Trinajstić information content (AvgIpc) is 2.43. The minimum atomic E-state index is -3.64. The number of nitrogens with two attached hydrogens (primary N) is 1. The number of anilines is 2. The second-order valence-corrected chi connectivity index (χ2v) is 6.53. The molecule has 1 fully saturated rings. The predicted octanol–water partition coefficient (Wildman–Crippen LogP) is -0.972. The van der Waals surface area contributed by atoms with Crippen molar-refractivity contribution >= 4 is 33.2 Å². The molecule has 0 bridgehead atoms. The van der Waals surface area contributed by atoms with Crippen LogP contribution >= 0.6 is 0 Å². The van der Waals surface area contributed by atoms with Crippen molar-refractivity contribution in [1.82, 2.24) is 10.0 Å². The number of nitrogen functional groups attached to an aromatic ring is 1. The lowest BCUT2D eigenvalue weighted by atomic mass is 10.1. The van der Waals surface area contributed by atoms with Crippen molar-refractivity contribution in [3.05, 3.63) is 18.2 Å². The van der Waals surface area contributed by atoms with E-state index < -0.39 is 27.9 Å². The van der Waals surface area contributed by atoms with E-state index in [1.165, 1.54) is 30.1 Å². The van der Waals surface area contributed by atoms with Crippen LogP contribution in [0.15, 0.2) is 23.1 Å². The Balaban J connectivity index is 2.50. The second-order valence-electron chi connectivity index (χ2n) is 4.64. The first-order chi connectivity index (χ1) is 9.76. The Morgan fingerprint density at radius 2 is 2.05 bits per heavy atom. The molecule has 2 rings (SSSR count). The Labute approximate surface area is 122 Å². The molecule has 0 aromatic heterocycles. The van der Waals surface area contributed by atoms with Crippen LogP contribution in [0.2, 0.25) is 0 Å². The van der Waals surface area contributed by atoms with Gasteiger partial charge in [0.05, 0.1) is 22.8 Å². The maximum atomic E-state index is 11.8. The summed E-state index contributed by atoms with van der Waals surface area (Å²) in [7, 11) is -2.34. The molecular formula is C12H16N4O4S. The van der Waals surface area contributed by atoms with Crippen molar-refractivity contribution in [3.63, 3.8) is 0 Å². The van der Waals surface area contributed by atoms with Crippen molar-refractivity contribution in [2.24, 2.45) is 0 Å². The van der Waals surface area contributed by atoms with Crippen molar-refractivity contribution in [3.8, 4) is 0 Å². The number of carbonyl (C=O) groups is 2. The molecule has 1 atom stereocenters. The summed E-state index contributed by atoms with van der Waals surface area (Å²) >= 11 is 0. The van der Waals surface area contributed by atoms with Gasteiger partial charge in [0.25, 0.3) is 0 Å². The van der Waals surface area contributed by atoms with E-state index in [9.17, 15) is 18.0 Å². The normalized spacial score (nSPS) is 19.5. The Bertz CT molecular complexity index is 701. The summed E-state index contributed by atoms with van der Waals surface area (Å²) in [6.45, 7) is 1.54. The van der Waals surface area contributed by atoms with Crippen molar-refractivity contribution in [1.29, 1.82) is 0 Å². The van der Waals surface area contributed by atoms with Crippen molar-refractivity contribution < 1.29 is 18.0 Å². The van der Waals surface area contributed by atoms with Gasteiger partial charge in [-0.3, -0.25) is 14.9 Å². The third-order valence-corrected chi connectivity index (χ3v) is 4.73. The van der Waals surface area contributed by atoms with Crippen LogP contribution in [-0.2, 0) is 19.6 Å². The highest BCUT2D eigenvalue weighted by atomic mass is 32.2. The maximum Gasteiger partial charge on any atom is 0.249 e. The molecule has 9 heteroatoms. The second kappa shape index (κ2) is 5.34. The number of rotatable bonds is 3. The van der Waals surface area contributed by atoms with Crippen LogP contribution in [0.3, 0.4) is 0 Å². The fraction of sp³-hybridized carbons (Fsp3) is 0.333. The number of piperazine rings is 1. The van der Waals surface area contributed by atoms with Gasteiger partial charge in [-0.25, -0.2) is 13.1 Å². The SMILES string of the molecule is CNS(=O)(=O)c1ccc(N)c(N2CC(=O)NC(=O)C2C)c1. The average molecular weight is 312 g/mol. The molecule has 1 aliphatic heterocycles. The first-order valence-corrected chi connectivity index (χ1v) is 7.68. The van der Waals surface area contributed by atoms with Gasteiger partial charge in [0.1, 0.15) is 6.04 Å². The van der Waals surface area contributed by atoms with Crippen LogP contribution in [0.25, 0.3) is 0 Å². The van der Waals surface area contributed by atoms with Crippen LogP contribution in [0.5, 0.6) is 0 Å². The van der Waals surface area contributed by atoms with Crippen molar-refractivity contribution in [2.45, 2.75) is 17.9 Å². The van der Waals surface area contributed by atoms with Gasteiger partial charge in [-0.1, -0.05) is 0 Å². The number of sulfonamides is 1. The van der Waals surface area contributed by atoms with Gasteiger partial charge in [-0.05, 0) is 32.2 Å². The van der Waals surface area contributed by atoms with E-state index in [0.29, 0.717) is 11.4 Å². The zero-order chi connectivity index (χ0) is 15.8. The van der Waals surface area contributed by atoms with E-state index in [-0.39, 0.29) is 11.4 Å². The van der Waals surface area contributed by atoms with E-state index in [1.54, 1.807) is 6.92 Å². The number of imide groups is 1. The third kappa shape index (κ3) is 2.83. The molecule has 2 amide bonds. The molecule has 0 spiro atoms. The van der Waals surface area contributed by atoms with E-state index in [2.05, 4.69) is 10.0 Å². The molecule has 1 saturated heterocycles. The fourth-order valence-electron chi connectivity index (χ4n) is 2.07. The van der Waals surface area contributed by atoms with E-state index in [1.807, 2.05) is 0 Å². The molecule has 1 aromatic carbocycles. The van der Waals surface area contributed by atoms with Gasteiger partial charge in [-0.15, -0.1) is 0 Å². The summed E-state index contributed by atoms with van der Waals surface area (Å²) in [6, 6.07) is 3.52. The van der Waals surface area contributed by atoms with Gasteiger partial charge >= 0.3 is 0 Å². The minimum absolute atomic E-state index is 0.0137. The first kappa shape index (κ1) is 15.3. The highest BCUT2D eigenvalue weighted by Gasteiger charge is 2.31. The summed E-state index contributed by atoms with van der Waals surface area (Å²) in [4.78, 5) is 24.7. The molecule has 0 aliphatic carbocycles. The highest BCUT2D eigenvalue weighted by molar-refractivity contribution is 7.89. The fourth-order valence-corrected chi connectivity index (χ4v) is 2.82. The summed E-state index contributed by atoms with van der Waals surface area (Å²) < 4.78 is 25.9. The molecule has 0 saturated carbocycles.